The molecule has 0 aromatic carbocycles. The van der Waals surface area contributed by atoms with Gasteiger partial charge in [-0.05, 0) is 37.1 Å². The van der Waals surface area contributed by atoms with E-state index >= 15 is 0 Å². The summed E-state index contributed by atoms with van der Waals surface area (Å²) in [4.78, 5) is 20.8. The summed E-state index contributed by atoms with van der Waals surface area (Å²) < 4.78 is 0. The van der Waals surface area contributed by atoms with E-state index in [1.807, 2.05) is 17.3 Å². The average molecular weight is 274 g/mol. The smallest absolute Gasteiger partial charge is 0.239 e. The minimum atomic E-state index is 0.0711. The monoisotopic (exact) mass is 274 g/mol. The summed E-state index contributed by atoms with van der Waals surface area (Å²) in [7, 11) is 0. The molecule has 20 heavy (non-hydrogen) atoms. The normalized spacial score (nSPS) is 24.0. The quantitative estimate of drug-likeness (QED) is 0.871. The Morgan fingerprint density at radius 1 is 1.25 bits per heavy atom. The van der Waals surface area contributed by atoms with Gasteiger partial charge in [-0.3, -0.25) is 14.7 Å². The highest BCUT2D eigenvalue weighted by molar-refractivity contribution is 5.82. The van der Waals surface area contributed by atoms with Crippen LogP contribution in [0.2, 0.25) is 0 Å². The maximum Gasteiger partial charge on any atom is 0.239 e. The fourth-order valence-corrected chi connectivity index (χ4v) is 2.99. The molecule has 0 spiro atoms. The Morgan fingerprint density at radius 3 is 2.65 bits per heavy atom. The second-order valence-corrected chi connectivity index (χ2v) is 5.61. The number of nitrogens with zero attached hydrogens (tertiary/aromatic N) is 3. The van der Waals surface area contributed by atoms with Crippen LogP contribution in [0.4, 0.5) is 0 Å². The van der Waals surface area contributed by atoms with Gasteiger partial charge in [0.1, 0.15) is 0 Å². The van der Waals surface area contributed by atoms with Crippen LogP contribution in [-0.4, -0.2) is 59.5 Å². The number of amides is 1. The molecule has 1 atom stereocenters. The fraction of sp³-hybridized carbons (Fsp3) is 0.600. The molecule has 2 saturated heterocycles. The van der Waals surface area contributed by atoms with Gasteiger partial charge in [0, 0.05) is 45.1 Å². The van der Waals surface area contributed by atoms with Crippen molar-refractivity contribution in [2.45, 2.75) is 25.4 Å². The summed E-state index contributed by atoms with van der Waals surface area (Å²) in [6.45, 7) is 5.55. The van der Waals surface area contributed by atoms with Crippen molar-refractivity contribution in [3.8, 4) is 0 Å². The molecule has 2 aliphatic rings. The Balaban J connectivity index is 1.48. The molecule has 2 fully saturated rings. The minimum absolute atomic E-state index is 0.0711. The fourth-order valence-electron chi connectivity index (χ4n) is 2.99. The molecule has 0 aliphatic carbocycles. The van der Waals surface area contributed by atoms with Crippen LogP contribution in [0.15, 0.2) is 24.5 Å². The molecule has 5 nitrogen and oxygen atoms in total. The highest BCUT2D eigenvalue weighted by Gasteiger charge is 2.28. The Bertz CT molecular complexity index is 436. The molecule has 1 unspecified atom stereocenters. The Labute approximate surface area is 120 Å². The number of rotatable bonds is 3. The zero-order valence-electron chi connectivity index (χ0n) is 11.8. The van der Waals surface area contributed by atoms with E-state index in [9.17, 15) is 4.79 Å². The Morgan fingerprint density at radius 2 is 2.00 bits per heavy atom. The van der Waals surface area contributed by atoms with E-state index < -0.39 is 0 Å². The standard InChI is InChI=1S/C15H22N4O/c20-15(14-2-1-5-17-14)19-10-8-18(9-11-19)12-13-3-6-16-7-4-13/h3-4,6-7,14,17H,1-2,5,8-12H2. The molecule has 1 aromatic heterocycles. The number of aromatic nitrogens is 1. The first-order chi connectivity index (χ1) is 9.83. The van der Waals surface area contributed by atoms with Crippen molar-refractivity contribution in [2.24, 2.45) is 0 Å². The summed E-state index contributed by atoms with van der Waals surface area (Å²) in [5.74, 6) is 0.297. The zero-order chi connectivity index (χ0) is 13.8. The van der Waals surface area contributed by atoms with E-state index in [0.29, 0.717) is 5.91 Å². The van der Waals surface area contributed by atoms with E-state index in [0.717, 1.165) is 52.1 Å². The van der Waals surface area contributed by atoms with Crippen molar-refractivity contribution in [1.82, 2.24) is 20.1 Å². The number of carbonyl (C=O) groups is 1. The molecule has 1 amide bonds. The van der Waals surface area contributed by atoms with Crippen molar-refractivity contribution in [3.63, 3.8) is 0 Å². The number of piperazine rings is 1. The van der Waals surface area contributed by atoms with Gasteiger partial charge in [-0.2, -0.15) is 0 Å². The lowest BCUT2D eigenvalue weighted by atomic mass is 10.1. The van der Waals surface area contributed by atoms with Gasteiger partial charge in [-0.1, -0.05) is 0 Å². The molecule has 2 aliphatic heterocycles. The maximum atomic E-state index is 12.3. The van der Waals surface area contributed by atoms with Crippen molar-refractivity contribution in [3.05, 3.63) is 30.1 Å². The van der Waals surface area contributed by atoms with E-state index in [1.54, 1.807) is 0 Å². The summed E-state index contributed by atoms with van der Waals surface area (Å²) in [5, 5.41) is 3.29. The van der Waals surface area contributed by atoms with Gasteiger partial charge in [0.25, 0.3) is 0 Å². The third-order valence-corrected chi connectivity index (χ3v) is 4.20. The van der Waals surface area contributed by atoms with Gasteiger partial charge in [0.05, 0.1) is 6.04 Å². The highest BCUT2D eigenvalue weighted by Crippen LogP contribution is 2.12. The number of carbonyl (C=O) groups excluding carboxylic acids is 1. The summed E-state index contributed by atoms with van der Waals surface area (Å²) in [5.41, 5.74) is 1.29. The SMILES string of the molecule is O=C(C1CCCN1)N1CCN(Cc2ccncc2)CC1. The van der Waals surface area contributed by atoms with Gasteiger partial charge in [0.2, 0.25) is 5.91 Å². The van der Waals surface area contributed by atoms with Gasteiger partial charge < -0.3 is 10.2 Å². The number of nitrogens with one attached hydrogen (secondary N) is 1. The second kappa shape index (κ2) is 6.33. The predicted octanol–water partition coefficient (Wildman–Crippen LogP) is 0.478. The average Bonchev–Trinajstić information content (AvgIpc) is 3.03. The van der Waals surface area contributed by atoms with Crippen molar-refractivity contribution < 1.29 is 4.79 Å². The highest BCUT2D eigenvalue weighted by atomic mass is 16.2. The first-order valence-corrected chi connectivity index (χ1v) is 7.46. The van der Waals surface area contributed by atoms with Crippen LogP contribution in [-0.2, 0) is 11.3 Å². The van der Waals surface area contributed by atoms with Gasteiger partial charge >= 0.3 is 0 Å². The topological polar surface area (TPSA) is 48.5 Å². The summed E-state index contributed by atoms with van der Waals surface area (Å²) in [6, 6.07) is 4.18. The summed E-state index contributed by atoms with van der Waals surface area (Å²) >= 11 is 0. The van der Waals surface area contributed by atoms with Gasteiger partial charge in [-0.25, -0.2) is 0 Å². The lowest BCUT2D eigenvalue weighted by Crippen LogP contribution is -2.52. The third-order valence-electron chi connectivity index (χ3n) is 4.20. The van der Waals surface area contributed by atoms with Gasteiger partial charge in [-0.15, -0.1) is 0 Å². The van der Waals surface area contributed by atoms with Crippen LogP contribution >= 0.6 is 0 Å². The maximum absolute atomic E-state index is 12.3. The van der Waals surface area contributed by atoms with Gasteiger partial charge in [0.15, 0.2) is 0 Å². The van der Waals surface area contributed by atoms with E-state index in [1.165, 1.54) is 5.56 Å². The van der Waals surface area contributed by atoms with Crippen molar-refractivity contribution in [1.29, 1.82) is 0 Å². The lowest BCUT2D eigenvalue weighted by Gasteiger charge is -2.36. The van der Waals surface area contributed by atoms with Crippen LogP contribution in [0, 0.1) is 0 Å². The van der Waals surface area contributed by atoms with E-state index in [4.69, 9.17) is 0 Å². The molecular weight excluding hydrogens is 252 g/mol. The number of pyridine rings is 1. The summed E-state index contributed by atoms with van der Waals surface area (Å²) in [6.07, 6.45) is 5.79. The Kier molecular flexibility index (Phi) is 4.28. The van der Waals surface area contributed by atoms with Crippen molar-refractivity contribution in [2.75, 3.05) is 32.7 Å². The van der Waals surface area contributed by atoms with Crippen molar-refractivity contribution >= 4 is 5.91 Å². The molecule has 3 rings (SSSR count). The third kappa shape index (κ3) is 3.16. The first-order valence-electron chi connectivity index (χ1n) is 7.46. The van der Waals surface area contributed by atoms with Crippen LogP contribution in [0.3, 0.4) is 0 Å². The number of hydrogen-bond donors (Lipinski definition) is 1. The molecule has 0 radical (unpaired) electrons. The van der Waals surface area contributed by atoms with E-state index in [-0.39, 0.29) is 6.04 Å². The molecular formula is C15H22N4O. The van der Waals surface area contributed by atoms with Crippen LogP contribution in [0.5, 0.6) is 0 Å². The molecule has 1 N–H and O–H groups in total. The molecule has 108 valence electrons. The number of hydrogen-bond acceptors (Lipinski definition) is 4. The molecule has 1 aromatic rings. The second-order valence-electron chi connectivity index (χ2n) is 5.61. The predicted molar refractivity (Wildman–Crippen MR) is 77.1 cm³/mol. The van der Waals surface area contributed by atoms with E-state index in [2.05, 4.69) is 27.3 Å². The molecule has 0 bridgehead atoms. The molecule has 0 saturated carbocycles. The van der Waals surface area contributed by atoms with Crippen LogP contribution in [0.25, 0.3) is 0 Å². The molecule has 5 heteroatoms. The lowest BCUT2D eigenvalue weighted by molar-refractivity contribution is -0.134. The molecule has 3 heterocycles. The van der Waals surface area contributed by atoms with Crippen LogP contribution < -0.4 is 5.32 Å². The first kappa shape index (κ1) is 13.5. The largest absolute Gasteiger partial charge is 0.339 e. The zero-order valence-corrected chi connectivity index (χ0v) is 11.8. The Hall–Kier alpha value is -1.46. The minimum Gasteiger partial charge on any atom is -0.339 e. The van der Waals surface area contributed by atoms with Crippen LogP contribution in [0.1, 0.15) is 18.4 Å².